The van der Waals surface area contributed by atoms with Gasteiger partial charge in [0, 0.05) is 26.5 Å². The number of methoxy groups -OCH3 is 1. The van der Waals surface area contributed by atoms with Gasteiger partial charge in [-0.3, -0.25) is 0 Å². The van der Waals surface area contributed by atoms with Crippen molar-refractivity contribution >= 4 is 5.82 Å². The first-order chi connectivity index (χ1) is 7.14. The van der Waals surface area contributed by atoms with Crippen LogP contribution in [0, 0.1) is 5.41 Å². The quantitative estimate of drug-likeness (QED) is 0.780. The zero-order chi connectivity index (χ0) is 11.1. The minimum Gasteiger partial charge on any atom is -0.385 e. The van der Waals surface area contributed by atoms with Crippen molar-refractivity contribution in [2.45, 2.75) is 20.3 Å². The average Bonchev–Trinajstić information content (AvgIpc) is 2.25. The molecule has 1 N–H and O–H groups in total. The Kier molecular flexibility index (Phi) is 4.56. The van der Waals surface area contributed by atoms with Crippen molar-refractivity contribution in [2.24, 2.45) is 5.41 Å². The van der Waals surface area contributed by atoms with Gasteiger partial charge in [-0.05, 0) is 24.0 Å². The van der Waals surface area contributed by atoms with E-state index in [0.717, 1.165) is 25.4 Å². The maximum absolute atomic E-state index is 5.09. The molecule has 0 spiro atoms. The van der Waals surface area contributed by atoms with E-state index < -0.39 is 0 Å². The van der Waals surface area contributed by atoms with Gasteiger partial charge < -0.3 is 10.1 Å². The number of aromatic nitrogens is 1. The van der Waals surface area contributed by atoms with Crippen LogP contribution in [0.1, 0.15) is 20.3 Å². The Hall–Kier alpha value is -1.09. The summed E-state index contributed by atoms with van der Waals surface area (Å²) >= 11 is 0. The molecule has 0 unspecified atom stereocenters. The van der Waals surface area contributed by atoms with Crippen LogP contribution in [-0.4, -0.2) is 25.2 Å². The number of pyridine rings is 1. The van der Waals surface area contributed by atoms with E-state index in [1.165, 1.54) is 0 Å². The van der Waals surface area contributed by atoms with Crippen LogP contribution >= 0.6 is 0 Å². The van der Waals surface area contributed by atoms with Crippen LogP contribution in [0.15, 0.2) is 24.4 Å². The van der Waals surface area contributed by atoms with Crippen molar-refractivity contribution in [1.82, 2.24) is 4.98 Å². The molecule has 1 rings (SSSR count). The topological polar surface area (TPSA) is 34.1 Å². The molecular formula is C12H20N2O. The highest BCUT2D eigenvalue weighted by Gasteiger charge is 2.17. The lowest BCUT2D eigenvalue weighted by Gasteiger charge is -2.24. The van der Waals surface area contributed by atoms with Crippen molar-refractivity contribution in [2.75, 3.05) is 25.6 Å². The van der Waals surface area contributed by atoms with E-state index in [9.17, 15) is 0 Å². The van der Waals surface area contributed by atoms with E-state index in [0.29, 0.717) is 0 Å². The van der Waals surface area contributed by atoms with Gasteiger partial charge >= 0.3 is 0 Å². The van der Waals surface area contributed by atoms with E-state index in [1.807, 2.05) is 18.2 Å². The van der Waals surface area contributed by atoms with Crippen LogP contribution in [-0.2, 0) is 4.74 Å². The van der Waals surface area contributed by atoms with Gasteiger partial charge in [0.2, 0.25) is 0 Å². The monoisotopic (exact) mass is 208 g/mol. The lowest BCUT2D eigenvalue weighted by molar-refractivity contribution is 0.157. The normalized spacial score (nSPS) is 11.4. The van der Waals surface area contributed by atoms with Crippen LogP contribution in [0.5, 0.6) is 0 Å². The molecule has 0 saturated carbocycles. The molecule has 1 aromatic rings. The third-order valence-corrected chi connectivity index (χ3v) is 2.40. The SMILES string of the molecule is COCCC(C)(C)CNc1ccccn1. The summed E-state index contributed by atoms with van der Waals surface area (Å²) in [7, 11) is 1.74. The van der Waals surface area contributed by atoms with E-state index in [2.05, 4.69) is 24.1 Å². The van der Waals surface area contributed by atoms with Crippen LogP contribution in [0.25, 0.3) is 0 Å². The first kappa shape index (κ1) is 12.0. The second-order valence-electron chi connectivity index (χ2n) is 4.48. The van der Waals surface area contributed by atoms with E-state index in [4.69, 9.17) is 4.74 Å². The number of rotatable bonds is 6. The Morgan fingerprint density at radius 1 is 1.40 bits per heavy atom. The van der Waals surface area contributed by atoms with E-state index in [-0.39, 0.29) is 5.41 Å². The van der Waals surface area contributed by atoms with Crippen LogP contribution in [0.4, 0.5) is 5.82 Å². The van der Waals surface area contributed by atoms with Crippen molar-refractivity contribution < 1.29 is 4.74 Å². The van der Waals surface area contributed by atoms with E-state index in [1.54, 1.807) is 13.3 Å². The Labute approximate surface area is 91.9 Å². The van der Waals surface area contributed by atoms with Gasteiger partial charge in [0.1, 0.15) is 5.82 Å². The predicted octanol–water partition coefficient (Wildman–Crippen LogP) is 2.56. The molecule has 84 valence electrons. The molecule has 0 saturated heterocycles. The largest absolute Gasteiger partial charge is 0.385 e. The van der Waals surface area contributed by atoms with E-state index >= 15 is 0 Å². The minimum absolute atomic E-state index is 0.230. The van der Waals surface area contributed by atoms with Gasteiger partial charge in [-0.2, -0.15) is 0 Å². The number of ether oxygens (including phenoxy) is 1. The summed E-state index contributed by atoms with van der Waals surface area (Å²) in [6, 6.07) is 5.88. The van der Waals surface area contributed by atoms with Gasteiger partial charge in [0.15, 0.2) is 0 Å². The highest BCUT2D eigenvalue weighted by molar-refractivity contribution is 5.33. The average molecular weight is 208 g/mol. The molecule has 0 fully saturated rings. The Balaban J connectivity index is 2.35. The maximum Gasteiger partial charge on any atom is 0.125 e. The third kappa shape index (κ3) is 4.79. The Bertz CT molecular complexity index is 272. The number of anilines is 1. The molecule has 0 aliphatic rings. The third-order valence-electron chi connectivity index (χ3n) is 2.40. The highest BCUT2D eigenvalue weighted by Crippen LogP contribution is 2.20. The summed E-state index contributed by atoms with van der Waals surface area (Å²) in [6.45, 7) is 6.16. The highest BCUT2D eigenvalue weighted by atomic mass is 16.5. The standard InChI is InChI=1S/C12H20N2O/c1-12(2,7-9-15-3)10-14-11-6-4-5-8-13-11/h4-6,8H,7,9-10H2,1-3H3,(H,13,14). The molecule has 0 atom stereocenters. The molecule has 3 nitrogen and oxygen atoms in total. The molecule has 0 amide bonds. The lowest BCUT2D eigenvalue weighted by atomic mass is 9.90. The molecule has 3 heteroatoms. The smallest absolute Gasteiger partial charge is 0.125 e. The van der Waals surface area contributed by atoms with Gasteiger partial charge in [-0.15, -0.1) is 0 Å². The van der Waals surface area contributed by atoms with Crippen molar-refractivity contribution in [3.63, 3.8) is 0 Å². The fourth-order valence-electron chi connectivity index (χ4n) is 1.26. The zero-order valence-electron chi connectivity index (χ0n) is 9.79. The number of nitrogens with zero attached hydrogens (tertiary/aromatic N) is 1. The Morgan fingerprint density at radius 2 is 2.20 bits per heavy atom. The predicted molar refractivity (Wildman–Crippen MR) is 63.0 cm³/mol. The van der Waals surface area contributed by atoms with Gasteiger partial charge in [0.05, 0.1) is 0 Å². The number of hydrogen-bond acceptors (Lipinski definition) is 3. The van der Waals surface area contributed by atoms with Gasteiger partial charge in [-0.25, -0.2) is 4.98 Å². The van der Waals surface area contributed by atoms with Crippen molar-refractivity contribution in [3.8, 4) is 0 Å². The molecule has 0 aromatic carbocycles. The molecule has 0 bridgehead atoms. The summed E-state index contributed by atoms with van der Waals surface area (Å²) in [6.07, 6.45) is 2.84. The number of nitrogens with one attached hydrogen (secondary N) is 1. The lowest BCUT2D eigenvalue weighted by Crippen LogP contribution is -2.24. The number of hydrogen-bond donors (Lipinski definition) is 1. The molecular weight excluding hydrogens is 188 g/mol. The Morgan fingerprint density at radius 3 is 2.80 bits per heavy atom. The van der Waals surface area contributed by atoms with Crippen LogP contribution in [0.3, 0.4) is 0 Å². The van der Waals surface area contributed by atoms with Crippen molar-refractivity contribution in [3.05, 3.63) is 24.4 Å². The first-order valence-electron chi connectivity index (χ1n) is 5.28. The maximum atomic E-state index is 5.09. The minimum atomic E-state index is 0.230. The molecule has 0 radical (unpaired) electrons. The van der Waals surface area contributed by atoms with Gasteiger partial charge in [-0.1, -0.05) is 19.9 Å². The molecule has 1 aromatic heterocycles. The first-order valence-corrected chi connectivity index (χ1v) is 5.28. The van der Waals surface area contributed by atoms with Crippen molar-refractivity contribution in [1.29, 1.82) is 0 Å². The zero-order valence-corrected chi connectivity index (χ0v) is 9.79. The summed E-state index contributed by atoms with van der Waals surface area (Å²) in [4.78, 5) is 4.22. The summed E-state index contributed by atoms with van der Waals surface area (Å²) in [5, 5.41) is 3.33. The van der Waals surface area contributed by atoms with Crippen LogP contribution < -0.4 is 5.32 Å². The molecule has 0 aliphatic carbocycles. The molecule has 0 aliphatic heterocycles. The van der Waals surface area contributed by atoms with Gasteiger partial charge in [0.25, 0.3) is 0 Å². The van der Waals surface area contributed by atoms with Crippen LogP contribution in [0.2, 0.25) is 0 Å². The second-order valence-corrected chi connectivity index (χ2v) is 4.48. The summed E-state index contributed by atoms with van der Waals surface area (Å²) < 4.78 is 5.09. The molecule has 1 heterocycles. The second kappa shape index (κ2) is 5.71. The fourth-order valence-corrected chi connectivity index (χ4v) is 1.26. The summed E-state index contributed by atoms with van der Waals surface area (Å²) in [5.74, 6) is 0.933. The fraction of sp³-hybridized carbons (Fsp3) is 0.583. The summed E-state index contributed by atoms with van der Waals surface area (Å²) in [5.41, 5.74) is 0.230. The molecule has 15 heavy (non-hydrogen) atoms.